The van der Waals surface area contributed by atoms with Crippen molar-refractivity contribution in [2.75, 3.05) is 6.54 Å². The van der Waals surface area contributed by atoms with Crippen LogP contribution in [-0.4, -0.2) is 19.2 Å². The van der Waals surface area contributed by atoms with E-state index in [0.717, 1.165) is 24.8 Å². The lowest BCUT2D eigenvalue weighted by Crippen LogP contribution is -2.48. The van der Waals surface area contributed by atoms with Crippen LogP contribution in [0.3, 0.4) is 0 Å². The molecule has 1 aromatic rings. The molecule has 33 heavy (non-hydrogen) atoms. The van der Waals surface area contributed by atoms with Gasteiger partial charge in [-0.3, -0.25) is 0 Å². The molecule has 1 aliphatic carbocycles. The summed E-state index contributed by atoms with van der Waals surface area (Å²) < 4.78 is 0. The molecule has 1 aromatic carbocycles. The van der Waals surface area contributed by atoms with E-state index in [1.807, 2.05) is 6.92 Å². The zero-order valence-electron chi connectivity index (χ0n) is 22.8. The maximum Gasteiger partial charge on any atom is 0.171 e. The van der Waals surface area contributed by atoms with Gasteiger partial charge in [0.25, 0.3) is 0 Å². The van der Waals surface area contributed by atoms with Crippen LogP contribution in [0.2, 0.25) is 6.32 Å². The second-order valence-corrected chi connectivity index (χ2v) is 10.6. The summed E-state index contributed by atoms with van der Waals surface area (Å²) >= 11 is 0. The van der Waals surface area contributed by atoms with Gasteiger partial charge in [0.2, 0.25) is 0 Å². The fraction of sp³-hybridized carbons (Fsp3) is 0.667. The monoisotopic (exact) mass is 452 g/mol. The van der Waals surface area contributed by atoms with Crippen molar-refractivity contribution in [1.29, 1.82) is 0 Å². The summed E-state index contributed by atoms with van der Waals surface area (Å²) in [6.07, 6.45) is 13.0. The molecule has 1 heterocycles. The summed E-state index contributed by atoms with van der Waals surface area (Å²) in [6.45, 7) is 23.0. The number of allylic oxidation sites excluding steroid dienone is 2. The van der Waals surface area contributed by atoms with Crippen molar-refractivity contribution >= 4 is 12.3 Å². The topological polar surface area (TPSA) is 38.0 Å². The first-order valence-electron chi connectivity index (χ1n) is 13.7. The fourth-order valence-electron chi connectivity index (χ4n) is 4.93. The molecule has 3 heteroatoms. The number of hydrogen-bond acceptors (Lipinski definition) is 2. The molecule has 1 atom stereocenters. The number of nitrogens with two attached hydrogens (primary N) is 1. The van der Waals surface area contributed by atoms with Crippen molar-refractivity contribution in [3.05, 3.63) is 53.7 Å². The highest BCUT2D eigenvalue weighted by molar-refractivity contribution is 6.60. The van der Waals surface area contributed by atoms with Crippen LogP contribution in [0.25, 0.3) is 5.57 Å². The van der Waals surface area contributed by atoms with Gasteiger partial charge in [0.1, 0.15) is 0 Å². The van der Waals surface area contributed by atoms with Crippen LogP contribution in [-0.2, 0) is 12.7 Å². The predicted molar refractivity (Wildman–Crippen MR) is 152 cm³/mol. The largest absolute Gasteiger partial charge is 0.393 e. The van der Waals surface area contributed by atoms with E-state index < -0.39 is 0 Å². The molecule has 0 radical (unpaired) electrons. The second-order valence-electron chi connectivity index (χ2n) is 10.6. The average Bonchev–Trinajstić information content (AvgIpc) is 2.79. The molecular weight excluding hydrogens is 399 g/mol. The van der Waals surface area contributed by atoms with Crippen molar-refractivity contribution in [2.24, 2.45) is 17.6 Å². The molecule has 2 aliphatic rings. The molecule has 1 unspecified atom stereocenters. The maximum atomic E-state index is 4.85. The van der Waals surface area contributed by atoms with Gasteiger partial charge in [0.15, 0.2) is 6.71 Å². The summed E-state index contributed by atoms with van der Waals surface area (Å²) in [5.74, 6) is 2.28. The lowest BCUT2D eigenvalue weighted by Gasteiger charge is -2.34. The Labute approximate surface area is 207 Å². The van der Waals surface area contributed by atoms with Crippen molar-refractivity contribution < 1.29 is 0 Å². The van der Waals surface area contributed by atoms with Crippen molar-refractivity contribution in [3.8, 4) is 0 Å². The Morgan fingerprint density at radius 2 is 1.73 bits per heavy atom. The van der Waals surface area contributed by atoms with E-state index in [-0.39, 0.29) is 0 Å². The van der Waals surface area contributed by atoms with E-state index in [1.165, 1.54) is 85.5 Å². The number of benzene rings is 1. The number of fused-ring (bicyclic) bond motifs is 1. The molecule has 0 aromatic heterocycles. The Morgan fingerprint density at radius 1 is 1.12 bits per heavy atom. The highest BCUT2D eigenvalue weighted by atomic mass is 14.9. The lowest BCUT2D eigenvalue weighted by molar-refractivity contribution is 0.350. The number of rotatable bonds is 7. The minimum Gasteiger partial charge on any atom is -0.393 e. The summed E-state index contributed by atoms with van der Waals surface area (Å²) in [4.78, 5) is 0. The van der Waals surface area contributed by atoms with E-state index in [0.29, 0.717) is 12.7 Å². The van der Waals surface area contributed by atoms with Crippen LogP contribution in [0.4, 0.5) is 0 Å². The third kappa shape index (κ3) is 10.5. The molecule has 0 spiro atoms. The van der Waals surface area contributed by atoms with E-state index in [2.05, 4.69) is 71.3 Å². The van der Waals surface area contributed by atoms with Gasteiger partial charge in [0, 0.05) is 11.6 Å². The fourth-order valence-corrected chi connectivity index (χ4v) is 4.93. The Balaban J connectivity index is 0.000000591. The molecule has 0 amide bonds. The quantitative estimate of drug-likeness (QED) is 0.413. The van der Waals surface area contributed by atoms with Crippen molar-refractivity contribution in [3.63, 3.8) is 0 Å². The van der Waals surface area contributed by atoms with Gasteiger partial charge in [-0.05, 0) is 61.2 Å². The Morgan fingerprint density at radius 3 is 2.24 bits per heavy atom. The van der Waals surface area contributed by atoms with E-state index in [1.54, 1.807) is 0 Å². The molecule has 0 bridgehead atoms. The lowest BCUT2D eigenvalue weighted by atomic mass is 9.36. The van der Waals surface area contributed by atoms with Gasteiger partial charge in [-0.15, -0.1) is 0 Å². The molecular formula is C30H53BN2. The molecule has 0 saturated heterocycles. The van der Waals surface area contributed by atoms with Crippen LogP contribution in [0, 0.1) is 11.8 Å². The first-order valence-corrected chi connectivity index (χ1v) is 13.7. The Kier molecular flexibility index (Phi) is 14.5. The Bertz CT molecular complexity index is 703. The maximum absolute atomic E-state index is 4.85. The normalized spacial score (nSPS) is 17.8. The second kappa shape index (κ2) is 16.2. The highest BCUT2D eigenvalue weighted by Gasteiger charge is 2.31. The van der Waals surface area contributed by atoms with Crippen molar-refractivity contribution in [1.82, 2.24) is 5.32 Å². The van der Waals surface area contributed by atoms with Gasteiger partial charge in [-0.1, -0.05) is 116 Å². The molecule has 2 nitrogen and oxygen atoms in total. The van der Waals surface area contributed by atoms with Crippen LogP contribution in [0.1, 0.15) is 103 Å². The van der Waals surface area contributed by atoms with Gasteiger partial charge >= 0.3 is 0 Å². The van der Waals surface area contributed by atoms with E-state index in [9.17, 15) is 0 Å². The summed E-state index contributed by atoms with van der Waals surface area (Å²) in [7, 11) is 0. The van der Waals surface area contributed by atoms with Gasteiger partial charge in [0.05, 0.1) is 0 Å². The molecule has 1 aliphatic heterocycles. The summed E-state index contributed by atoms with van der Waals surface area (Å²) in [5, 5.41) is 3.84. The summed E-state index contributed by atoms with van der Waals surface area (Å²) in [6, 6.07) is 6.75. The SMILES string of the molecule is C=C(CC1CCCCC1)NC1Cc2cccc(C(=C)C)c2CB1CC.CCC(C)C.CCN. The highest BCUT2D eigenvalue weighted by Crippen LogP contribution is 2.31. The third-order valence-electron chi connectivity index (χ3n) is 7.20. The molecule has 1 fully saturated rings. The van der Waals surface area contributed by atoms with Crippen LogP contribution in [0.15, 0.2) is 37.1 Å². The molecule has 186 valence electrons. The molecule has 3 rings (SSSR count). The van der Waals surface area contributed by atoms with Crippen LogP contribution in [0.5, 0.6) is 0 Å². The predicted octanol–water partition coefficient (Wildman–Crippen LogP) is 7.87. The van der Waals surface area contributed by atoms with Crippen LogP contribution < -0.4 is 11.1 Å². The first kappa shape index (κ1) is 29.6. The third-order valence-corrected chi connectivity index (χ3v) is 7.20. The zero-order chi connectivity index (χ0) is 24.8. The number of hydrogen-bond donors (Lipinski definition) is 2. The van der Waals surface area contributed by atoms with Crippen molar-refractivity contribution in [2.45, 2.75) is 111 Å². The average molecular weight is 453 g/mol. The van der Waals surface area contributed by atoms with Gasteiger partial charge in [-0.25, -0.2) is 0 Å². The van der Waals surface area contributed by atoms with Gasteiger partial charge < -0.3 is 11.1 Å². The standard InChI is InChI=1S/C23H34BN.C5H12.C2H7N/c1-5-24-16-22-20(12-9-13-21(22)17(2)3)15-23(24)25-18(4)14-19-10-7-6-8-11-19;1-4-5(2)3;1-2-3/h9,12-13,19,23,25H,2,4-8,10-11,14-16H2,1,3H3;5H,4H2,1-3H3;2-3H2,1H3. The minimum atomic E-state index is 0.536. The minimum absolute atomic E-state index is 0.536. The first-order chi connectivity index (χ1) is 15.8. The van der Waals surface area contributed by atoms with Crippen LogP contribution >= 0.6 is 0 Å². The van der Waals surface area contributed by atoms with E-state index >= 15 is 0 Å². The van der Waals surface area contributed by atoms with E-state index in [4.69, 9.17) is 5.73 Å². The zero-order valence-corrected chi connectivity index (χ0v) is 22.8. The molecule has 3 N–H and O–H groups in total. The Hall–Kier alpha value is -1.48. The smallest absolute Gasteiger partial charge is 0.171 e. The van der Waals surface area contributed by atoms with Gasteiger partial charge in [-0.2, -0.15) is 0 Å². The summed E-state index contributed by atoms with van der Waals surface area (Å²) in [5.41, 5.74) is 11.7. The number of nitrogens with one attached hydrogen (secondary N) is 1. The molecule has 1 saturated carbocycles.